The summed E-state index contributed by atoms with van der Waals surface area (Å²) >= 11 is 3.36. The van der Waals surface area contributed by atoms with E-state index in [2.05, 4.69) is 26.6 Å². The van der Waals surface area contributed by atoms with Crippen LogP contribution in [0.25, 0.3) is 0 Å². The molecule has 0 bridgehead atoms. The molecule has 120 valence electrons. The van der Waals surface area contributed by atoms with Crippen molar-refractivity contribution in [3.8, 4) is 0 Å². The maximum Gasteiger partial charge on any atom is 0.251 e. The van der Waals surface area contributed by atoms with Crippen molar-refractivity contribution in [2.75, 3.05) is 5.32 Å². The van der Waals surface area contributed by atoms with Gasteiger partial charge in [0.05, 0.1) is 6.04 Å². The molecule has 2 N–H and O–H groups in total. The van der Waals surface area contributed by atoms with E-state index in [1.807, 2.05) is 50.2 Å². The van der Waals surface area contributed by atoms with Crippen LogP contribution in [0.3, 0.4) is 0 Å². The van der Waals surface area contributed by atoms with Crippen LogP contribution in [0.15, 0.2) is 53.0 Å². The van der Waals surface area contributed by atoms with Crippen LogP contribution < -0.4 is 10.6 Å². The van der Waals surface area contributed by atoms with Gasteiger partial charge in [-0.25, -0.2) is 0 Å². The molecular weight excluding hydrogens is 356 g/mol. The second-order valence-electron chi connectivity index (χ2n) is 5.23. The van der Waals surface area contributed by atoms with Crippen LogP contribution in [0.4, 0.5) is 5.69 Å². The first-order chi connectivity index (χ1) is 11.0. The van der Waals surface area contributed by atoms with Gasteiger partial charge in [-0.15, -0.1) is 0 Å². The molecule has 0 aromatic heterocycles. The number of anilines is 1. The Balaban J connectivity index is 2.01. The van der Waals surface area contributed by atoms with E-state index in [1.165, 1.54) is 0 Å². The second kappa shape index (κ2) is 7.92. The monoisotopic (exact) mass is 374 g/mol. The molecule has 4 nitrogen and oxygen atoms in total. The van der Waals surface area contributed by atoms with E-state index in [0.29, 0.717) is 12.0 Å². The Labute approximate surface area is 144 Å². The zero-order valence-corrected chi connectivity index (χ0v) is 14.7. The van der Waals surface area contributed by atoms with Crippen molar-refractivity contribution >= 4 is 33.4 Å². The third-order valence-corrected chi connectivity index (χ3v) is 3.94. The molecule has 0 radical (unpaired) electrons. The fourth-order valence-electron chi connectivity index (χ4n) is 2.10. The van der Waals surface area contributed by atoms with E-state index in [9.17, 15) is 9.59 Å². The molecule has 0 spiro atoms. The van der Waals surface area contributed by atoms with Crippen LogP contribution in [-0.2, 0) is 4.79 Å². The van der Waals surface area contributed by atoms with Gasteiger partial charge in [0.2, 0.25) is 5.91 Å². The molecule has 1 atom stereocenters. The maximum atomic E-state index is 12.2. The third-order valence-electron chi connectivity index (χ3n) is 3.45. The minimum atomic E-state index is -0.127. The van der Waals surface area contributed by atoms with Crippen molar-refractivity contribution in [2.24, 2.45) is 0 Å². The molecule has 2 aromatic carbocycles. The van der Waals surface area contributed by atoms with Crippen molar-refractivity contribution in [3.05, 3.63) is 64.1 Å². The molecular formula is C18H19BrN2O2. The van der Waals surface area contributed by atoms with E-state index < -0.39 is 0 Å². The lowest BCUT2D eigenvalue weighted by Gasteiger charge is -2.15. The normalized spacial score (nSPS) is 11.6. The van der Waals surface area contributed by atoms with E-state index in [-0.39, 0.29) is 17.9 Å². The van der Waals surface area contributed by atoms with Gasteiger partial charge in [0, 0.05) is 22.1 Å². The summed E-state index contributed by atoms with van der Waals surface area (Å²) in [7, 11) is 0. The summed E-state index contributed by atoms with van der Waals surface area (Å²) in [4.78, 5) is 23.6. The van der Waals surface area contributed by atoms with Crippen LogP contribution >= 0.6 is 15.9 Å². The molecule has 2 aromatic rings. The van der Waals surface area contributed by atoms with Gasteiger partial charge in [-0.3, -0.25) is 9.59 Å². The molecule has 0 aliphatic carbocycles. The molecule has 1 unspecified atom stereocenters. The highest BCUT2D eigenvalue weighted by atomic mass is 79.9. The quantitative estimate of drug-likeness (QED) is 0.819. The smallest absolute Gasteiger partial charge is 0.251 e. The van der Waals surface area contributed by atoms with Gasteiger partial charge >= 0.3 is 0 Å². The van der Waals surface area contributed by atoms with Crippen molar-refractivity contribution in [1.82, 2.24) is 5.32 Å². The van der Waals surface area contributed by atoms with E-state index in [4.69, 9.17) is 0 Å². The summed E-state index contributed by atoms with van der Waals surface area (Å²) in [6, 6.07) is 14.6. The molecule has 5 heteroatoms. The molecule has 0 fully saturated rings. The van der Waals surface area contributed by atoms with E-state index in [0.717, 1.165) is 15.7 Å². The molecule has 2 rings (SSSR count). The number of nitrogens with one attached hydrogen (secondary N) is 2. The first-order valence-electron chi connectivity index (χ1n) is 7.46. The number of benzene rings is 2. The highest BCUT2D eigenvalue weighted by molar-refractivity contribution is 9.10. The standard InChI is InChI=1S/C18H19BrN2O2/c1-3-17(22)21-16-9-7-13(8-10-16)12(2)20-18(23)14-5-4-6-15(19)11-14/h4-12H,3H2,1-2H3,(H,20,23)(H,21,22). The largest absolute Gasteiger partial charge is 0.346 e. The average molecular weight is 375 g/mol. The summed E-state index contributed by atoms with van der Waals surface area (Å²) in [5.74, 6) is -0.143. The van der Waals surface area contributed by atoms with Gasteiger partial charge in [-0.1, -0.05) is 41.1 Å². The van der Waals surface area contributed by atoms with E-state index >= 15 is 0 Å². The summed E-state index contributed by atoms with van der Waals surface area (Å²) in [6.07, 6.45) is 0.445. The predicted octanol–water partition coefficient (Wildman–Crippen LogP) is 4.29. The molecule has 0 aliphatic rings. The lowest BCUT2D eigenvalue weighted by atomic mass is 10.1. The lowest BCUT2D eigenvalue weighted by Crippen LogP contribution is -2.26. The number of halogens is 1. The highest BCUT2D eigenvalue weighted by Gasteiger charge is 2.11. The summed E-state index contributed by atoms with van der Waals surface area (Å²) < 4.78 is 0.869. The Morgan fingerprint density at radius 3 is 2.43 bits per heavy atom. The molecule has 0 aliphatic heterocycles. The molecule has 0 heterocycles. The zero-order chi connectivity index (χ0) is 16.8. The fourth-order valence-corrected chi connectivity index (χ4v) is 2.50. The second-order valence-corrected chi connectivity index (χ2v) is 6.14. The first-order valence-corrected chi connectivity index (χ1v) is 8.25. The topological polar surface area (TPSA) is 58.2 Å². The molecule has 0 saturated carbocycles. The van der Waals surface area contributed by atoms with E-state index in [1.54, 1.807) is 12.1 Å². The fraction of sp³-hybridized carbons (Fsp3) is 0.222. The Hall–Kier alpha value is -2.14. The minimum Gasteiger partial charge on any atom is -0.346 e. The van der Waals surface area contributed by atoms with Crippen LogP contribution in [-0.4, -0.2) is 11.8 Å². The SMILES string of the molecule is CCC(=O)Nc1ccc(C(C)NC(=O)c2cccc(Br)c2)cc1. The van der Waals surface area contributed by atoms with Gasteiger partial charge in [-0.05, 0) is 42.8 Å². The van der Waals surface area contributed by atoms with Crippen molar-refractivity contribution in [1.29, 1.82) is 0 Å². The third kappa shape index (κ3) is 4.93. The first kappa shape index (κ1) is 17.2. The van der Waals surface area contributed by atoms with Crippen molar-refractivity contribution in [2.45, 2.75) is 26.3 Å². The highest BCUT2D eigenvalue weighted by Crippen LogP contribution is 2.18. The molecule has 0 saturated heterocycles. The Morgan fingerprint density at radius 2 is 1.83 bits per heavy atom. The number of rotatable bonds is 5. The van der Waals surface area contributed by atoms with Gasteiger partial charge in [-0.2, -0.15) is 0 Å². The summed E-state index contributed by atoms with van der Waals surface area (Å²) in [5, 5.41) is 5.76. The van der Waals surface area contributed by atoms with Gasteiger partial charge in [0.25, 0.3) is 5.91 Å². The van der Waals surface area contributed by atoms with Crippen LogP contribution in [0.2, 0.25) is 0 Å². The van der Waals surface area contributed by atoms with Crippen LogP contribution in [0.1, 0.15) is 42.2 Å². The number of amides is 2. The number of hydrogen-bond acceptors (Lipinski definition) is 2. The number of carbonyl (C=O) groups excluding carboxylic acids is 2. The predicted molar refractivity (Wildman–Crippen MR) is 95.4 cm³/mol. The average Bonchev–Trinajstić information content (AvgIpc) is 2.55. The zero-order valence-electron chi connectivity index (χ0n) is 13.1. The van der Waals surface area contributed by atoms with Gasteiger partial charge in [0.15, 0.2) is 0 Å². The maximum absolute atomic E-state index is 12.2. The Kier molecular flexibility index (Phi) is 5.93. The van der Waals surface area contributed by atoms with Crippen LogP contribution in [0, 0.1) is 0 Å². The minimum absolute atomic E-state index is 0.0197. The lowest BCUT2D eigenvalue weighted by molar-refractivity contribution is -0.115. The van der Waals surface area contributed by atoms with Crippen molar-refractivity contribution in [3.63, 3.8) is 0 Å². The van der Waals surface area contributed by atoms with Gasteiger partial charge in [0.1, 0.15) is 0 Å². The Bertz CT molecular complexity index is 698. The Morgan fingerprint density at radius 1 is 1.13 bits per heavy atom. The number of carbonyl (C=O) groups is 2. The summed E-state index contributed by atoms with van der Waals surface area (Å²) in [6.45, 7) is 3.73. The number of hydrogen-bond donors (Lipinski definition) is 2. The van der Waals surface area contributed by atoms with Gasteiger partial charge < -0.3 is 10.6 Å². The van der Waals surface area contributed by atoms with Crippen molar-refractivity contribution < 1.29 is 9.59 Å². The molecule has 2 amide bonds. The van der Waals surface area contributed by atoms with Crippen LogP contribution in [0.5, 0.6) is 0 Å². The molecule has 23 heavy (non-hydrogen) atoms. The summed E-state index contributed by atoms with van der Waals surface area (Å²) in [5.41, 5.74) is 2.34.